The van der Waals surface area contributed by atoms with Crippen LogP contribution in [0, 0.1) is 0 Å². The number of benzene rings is 2. The molecule has 0 unspecified atom stereocenters. The van der Waals surface area contributed by atoms with Crippen molar-refractivity contribution in [1.82, 2.24) is 4.90 Å². The minimum Gasteiger partial charge on any atom is -0.495 e. The van der Waals surface area contributed by atoms with E-state index in [0.717, 1.165) is 43.2 Å². The first kappa shape index (κ1) is 24.4. The molecular weight excluding hydrogens is 519 g/mol. The van der Waals surface area contributed by atoms with E-state index in [0.29, 0.717) is 23.3 Å². The Kier molecular flexibility index (Phi) is 9.32. The Bertz CT molecular complexity index is 895. The lowest BCUT2D eigenvalue weighted by molar-refractivity contribution is 0.260. The molecule has 1 aliphatic rings. The maximum absolute atomic E-state index is 6.13. The number of anilines is 1. The van der Waals surface area contributed by atoms with Crippen molar-refractivity contribution in [2.24, 2.45) is 10.7 Å². The average molecular weight is 547 g/mol. The Morgan fingerprint density at radius 3 is 2.37 bits per heavy atom. The molecule has 164 valence electrons. The Morgan fingerprint density at radius 2 is 1.73 bits per heavy atom. The highest BCUT2D eigenvalue weighted by atomic mass is 127. The second-order valence-electron chi connectivity index (χ2n) is 6.74. The molecule has 1 aliphatic heterocycles. The standard InChI is InChI=1S/C21H27ClN4O3.HI/c1-27-18-5-4-16(12-17(18)22)25-21(23)24-7-9-26-8-6-14-10-19(28-2)20(29-3)11-15(14)13-26;/h4-5,10-12H,6-9,13H2,1-3H3,(H3,23,24,25);1H. The fourth-order valence-corrected chi connectivity index (χ4v) is 3.63. The summed E-state index contributed by atoms with van der Waals surface area (Å²) in [6.07, 6.45) is 0.970. The number of hydrogen-bond acceptors (Lipinski definition) is 5. The minimum absolute atomic E-state index is 0. The number of hydrogen-bond donors (Lipinski definition) is 2. The summed E-state index contributed by atoms with van der Waals surface area (Å²) < 4.78 is 16.0. The highest BCUT2D eigenvalue weighted by molar-refractivity contribution is 14.0. The maximum Gasteiger partial charge on any atom is 0.193 e. The van der Waals surface area contributed by atoms with Crippen molar-refractivity contribution in [3.63, 3.8) is 0 Å². The van der Waals surface area contributed by atoms with Gasteiger partial charge in [-0.3, -0.25) is 9.89 Å². The van der Waals surface area contributed by atoms with E-state index >= 15 is 0 Å². The van der Waals surface area contributed by atoms with E-state index < -0.39 is 0 Å². The molecular formula is C21H28ClIN4O3. The Morgan fingerprint density at radius 1 is 1.07 bits per heavy atom. The van der Waals surface area contributed by atoms with Crippen LogP contribution in [0.2, 0.25) is 5.02 Å². The third-order valence-corrected chi connectivity index (χ3v) is 5.22. The van der Waals surface area contributed by atoms with Crippen LogP contribution in [-0.4, -0.2) is 51.8 Å². The number of rotatable bonds is 7. The summed E-state index contributed by atoms with van der Waals surface area (Å²) in [5, 5.41) is 3.57. The normalized spacial score (nSPS) is 13.8. The van der Waals surface area contributed by atoms with E-state index in [1.807, 2.05) is 6.07 Å². The molecule has 0 bridgehead atoms. The molecule has 2 aromatic rings. The van der Waals surface area contributed by atoms with Crippen LogP contribution in [0.25, 0.3) is 0 Å². The van der Waals surface area contributed by atoms with Crippen LogP contribution in [0.3, 0.4) is 0 Å². The molecule has 0 saturated heterocycles. The van der Waals surface area contributed by atoms with Gasteiger partial charge in [-0.25, -0.2) is 0 Å². The summed E-state index contributed by atoms with van der Waals surface area (Å²) in [6.45, 7) is 3.25. The number of methoxy groups -OCH3 is 3. The van der Waals surface area contributed by atoms with E-state index in [-0.39, 0.29) is 24.0 Å². The third kappa shape index (κ3) is 6.05. The van der Waals surface area contributed by atoms with Crippen LogP contribution in [0.4, 0.5) is 5.69 Å². The first-order valence-electron chi connectivity index (χ1n) is 9.40. The summed E-state index contributed by atoms with van der Waals surface area (Å²) in [4.78, 5) is 6.78. The highest BCUT2D eigenvalue weighted by Crippen LogP contribution is 2.33. The van der Waals surface area contributed by atoms with E-state index in [1.54, 1.807) is 33.5 Å². The quantitative estimate of drug-likeness (QED) is 0.313. The zero-order valence-corrected chi connectivity index (χ0v) is 20.5. The SMILES string of the molecule is COc1ccc(NC(N)=NCCN2CCc3cc(OC)c(OC)cc3C2)cc1Cl.I. The second-order valence-corrected chi connectivity index (χ2v) is 7.15. The topological polar surface area (TPSA) is 81.3 Å². The zero-order valence-electron chi connectivity index (χ0n) is 17.4. The van der Waals surface area contributed by atoms with Crippen LogP contribution in [0.15, 0.2) is 35.3 Å². The molecule has 3 rings (SSSR count). The van der Waals surface area contributed by atoms with Crippen molar-refractivity contribution in [2.45, 2.75) is 13.0 Å². The number of guanidine groups is 1. The smallest absolute Gasteiger partial charge is 0.193 e. The van der Waals surface area contributed by atoms with Crippen LogP contribution < -0.4 is 25.3 Å². The lowest BCUT2D eigenvalue weighted by Gasteiger charge is -2.29. The van der Waals surface area contributed by atoms with Crippen LogP contribution >= 0.6 is 35.6 Å². The fraction of sp³-hybridized carbons (Fsp3) is 0.381. The zero-order chi connectivity index (χ0) is 20.8. The first-order valence-corrected chi connectivity index (χ1v) is 9.78. The van der Waals surface area contributed by atoms with Gasteiger partial charge in [-0.2, -0.15) is 0 Å². The number of nitrogens with one attached hydrogen (secondary N) is 1. The van der Waals surface area contributed by atoms with Gasteiger partial charge in [-0.1, -0.05) is 11.6 Å². The van der Waals surface area contributed by atoms with Crippen molar-refractivity contribution in [2.75, 3.05) is 46.3 Å². The summed E-state index contributed by atoms with van der Waals surface area (Å²) >= 11 is 6.13. The van der Waals surface area contributed by atoms with Gasteiger partial charge in [0.25, 0.3) is 0 Å². The van der Waals surface area contributed by atoms with Gasteiger partial charge in [0.05, 0.1) is 32.9 Å². The molecule has 0 fully saturated rings. The van der Waals surface area contributed by atoms with Crippen molar-refractivity contribution < 1.29 is 14.2 Å². The molecule has 0 aromatic heterocycles. The van der Waals surface area contributed by atoms with Crippen LogP contribution in [0.5, 0.6) is 17.2 Å². The van der Waals surface area contributed by atoms with E-state index in [4.69, 9.17) is 31.5 Å². The molecule has 9 heteroatoms. The van der Waals surface area contributed by atoms with E-state index in [2.05, 4.69) is 27.3 Å². The predicted molar refractivity (Wildman–Crippen MR) is 132 cm³/mol. The molecule has 0 spiro atoms. The fourth-order valence-electron chi connectivity index (χ4n) is 3.38. The number of aliphatic imine (C=N–C) groups is 1. The predicted octanol–water partition coefficient (Wildman–Crippen LogP) is 3.77. The van der Waals surface area contributed by atoms with Gasteiger partial charge in [-0.15, -0.1) is 24.0 Å². The Hall–Kier alpha value is -1.91. The van der Waals surface area contributed by atoms with Crippen LogP contribution in [0.1, 0.15) is 11.1 Å². The molecule has 3 N–H and O–H groups in total. The molecule has 1 heterocycles. The van der Waals surface area contributed by atoms with Gasteiger partial charge in [0.15, 0.2) is 17.5 Å². The summed E-state index contributed by atoms with van der Waals surface area (Å²) in [5.41, 5.74) is 9.34. The minimum atomic E-state index is 0. The van der Waals surface area contributed by atoms with E-state index in [1.165, 1.54) is 11.1 Å². The number of nitrogens with two attached hydrogens (primary N) is 1. The Labute approximate surface area is 199 Å². The van der Waals surface area contributed by atoms with Crippen LogP contribution in [-0.2, 0) is 13.0 Å². The third-order valence-electron chi connectivity index (χ3n) is 4.92. The second kappa shape index (κ2) is 11.5. The first-order chi connectivity index (χ1) is 14.0. The van der Waals surface area contributed by atoms with Gasteiger partial charge < -0.3 is 25.3 Å². The number of ether oxygens (including phenoxy) is 3. The monoisotopic (exact) mass is 546 g/mol. The van der Waals surface area contributed by atoms with Crippen molar-refractivity contribution in [3.05, 3.63) is 46.5 Å². The Balaban J connectivity index is 0.00000320. The molecule has 0 atom stereocenters. The lowest BCUT2D eigenvalue weighted by atomic mass is 9.99. The van der Waals surface area contributed by atoms with E-state index in [9.17, 15) is 0 Å². The molecule has 2 aromatic carbocycles. The average Bonchev–Trinajstić information content (AvgIpc) is 2.72. The molecule has 0 amide bonds. The van der Waals surface area contributed by atoms with Crippen molar-refractivity contribution in [3.8, 4) is 17.2 Å². The number of fused-ring (bicyclic) bond motifs is 1. The lowest BCUT2D eigenvalue weighted by Crippen LogP contribution is -2.33. The molecule has 30 heavy (non-hydrogen) atoms. The van der Waals surface area contributed by atoms with Gasteiger partial charge in [0.1, 0.15) is 5.75 Å². The largest absolute Gasteiger partial charge is 0.495 e. The van der Waals surface area contributed by atoms with Gasteiger partial charge in [0, 0.05) is 25.3 Å². The molecule has 7 nitrogen and oxygen atoms in total. The van der Waals surface area contributed by atoms with Gasteiger partial charge in [-0.05, 0) is 47.9 Å². The number of nitrogens with zero attached hydrogens (tertiary/aromatic N) is 2. The highest BCUT2D eigenvalue weighted by Gasteiger charge is 2.19. The number of halogens is 2. The molecule has 0 radical (unpaired) electrons. The van der Waals surface area contributed by atoms with Gasteiger partial charge in [0.2, 0.25) is 0 Å². The van der Waals surface area contributed by atoms with Crippen molar-refractivity contribution >= 4 is 47.2 Å². The molecule has 0 aliphatic carbocycles. The summed E-state index contributed by atoms with van der Waals surface area (Å²) in [5.74, 6) is 2.52. The summed E-state index contributed by atoms with van der Waals surface area (Å²) in [7, 11) is 4.90. The maximum atomic E-state index is 6.13. The summed E-state index contributed by atoms with van der Waals surface area (Å²) in [6, 6.07) is 9.52. The van der Waals surface area contributed by atoms with Crippen molar-refractivity contribution in [1.29, 1.82) is 0 Å². The molecule has 0 saturated carbocycles. The van der Waals surface area contributed by atoms with Gasteiger partial charge >= 0.3 is 0 Å².